The van der Waals surface area contributed by atoms with Gasteiger partial charge in [0, 0.05) is 18.6 Å². The average molecular weight is 444 g/mol. The summed E-state index contributed by atoms with van der Waals surface area (Å²) in [5.41, 5.74) is 1.52. The number of nitriles is 1. The average Bonchev–Trinajstić information content (AvgIpc) is 2.94. The summed E-state index contributed by atoms with van der Waals surface area (Å²) >= 11 is 3.14. The van der Waals surface area contributed by atoms with E-state index in [1.54, 1.807) is 23.9 Å². The highest BCUT2D eigenvalue weighted by molar-refractivity contribution is 9.10. The van der Waals surface area contributed by atoms with Gasteiger partial charge in [0.25, 0.3) is 0 Å². The number of ether oxygens (including phenoxy) is 1. The first-order valence-electron chi connectivity index (χ1n) is 8.21. The van der Waals surface area contributed by atoms with Crippen molar-refractivity contribution in [2.75, 3.05) is 30.5 Å². The van der Waals surface area contributed by atoms with Crippen LogP contribution in [0.5, 0.6) is 0 Å². The number of carbonyl (C=O) groups is 2. The maximum Gasteiger partial charge on any atom is 0.339 e. The summed E-state index contributed by atoms with van der Waals surface area (Å²) in [7, 11) is 3.50. The molecule has 0 amide bonds. The Balaban J connectivity index is 1.82. The Labute approximate surface area is 169 Å². The summed E-state index contributed by atoms with van der Waals surface area (Å²) in [5, 5.41) is 9.55. The van der Waals surface area contributed by atoms with Crippen LogP contribution in [0.25, 0.3) is 0 Å². The molecule has 6 nitrogen and oxygen atoms in total. The van der Waals surface area contributed by atoms with E-state index in [2.05, 4.69) is 15.9 Å². The quantitative estimate of drug-likeness (QED) is 0.408. The number of para-hydroxylation sites is 2. The van der Waals surface area contributed by atoms with Crippen molar-refractivity contribution in [3.63, 3.8) is 0 Å². The van der Waals surface area contributed by atoms with Crippen LogP contribution in [0, 0.1) is 17.1 Å². The molecule has 0 N–H and O–H groups in total. The van der Waals surface area contributed by atoms with E-state index < -0.39 is 24.2 Å². The highest BCUT2D eigenvalue weighted by Gasteiger charge is 2.31. The van der Waals surface area contributed by atoms with Crippen LogP contribution in [0.1, 0.15) is 10.4 Å². The SMILES string of the molecule is CN1C(=C(C#N)C(=O)COC(=O)c2cc(F)ccc2Br)N(C)c2ccccc21. The molecule has 0 unspecified atom stereocenters. The van der Waals surface area contributed by atoms with Crippen molar-refractivity contribution in [2.45, 2.75) is 0 Å². The number of ketones is 1. The van der Waals surface area contributed by atoms with E-state index in [4.69, 9.17) is 4.74 Å². The number of fused-ring (bicyclic) bond motifs is 1. The minimum Gasteiger partial charge on any atom is -0.454 e. The van der Waals surface area contributed by atoms with Gasteiger partial charge in [0.2, 0.25) is 5.78 Å². The van der Waals surface area contributed by atoms with Gasteiger partial charge in [-0.15, -0.1) is 0 Å². The smallest absolute Gasteiger partial charge is 0.339 e. The lowest BCUT2D eigenvalue weighted by Crippen LogP contribution is -2.27. The fourth-order valence-corrected chi connectivity index (χ4v) is 3.40. The Morgan fingerprint density at radius 1 is 1.14 bits per heavy atom. The van der Waals surface area contributed by atoms with Crippen LogP contribution in [-0.4, -0.2) is 32.5 Å². The molecule has 0 aliphatic carbocycles. The predicted molar refractivity (Wildman–Crippen MR) is 105 cm³/mol. The molecule has 28 heavy (non-hydrogen) atoms. The number of hydrogen-bond donors (Lipinski definition) is 0. The minimum atomic E-state index is -0.863. The molecule has 0 atom stereocenters. The molecule has 0 saturated heterocycles. The molecular weight excluding hydrogens is 429 g/mol. The summed E-state index contributed by atoms with van der Waals surface area (Å²) in [4.78, 5) is 28.2. The van der Waals surface area contributed by atoms with Gasteiger partial charge < -0.3 is 14.5 Å². The predicted octanol–water partition coefficient (Wildman–Crippen LogP) is 3.64. The van der Waals surface area contributed by atoms with E-state index in [0.29, 0.717) is 10.3 Å². The maximum absolute atomic E-state index is 13.4. The van der Waals surface area contributed by atoms with Gasteiger partial charge >= 0.3 is 5.97 Å². The van der Waals surface area contributed by atoms with Crippen LogP contribution < -0.4 is 9.80 Å². The molecule has 142 valence electrons. The number of nitrogens with zero attached hydrogens (tertiary/aromatic N) is 3. The lowest BCUT2D eigenvalue weighted by molar-refractivity contribution is -0.118. The zero-order valence-corrected chi connectivity index (χ0v) is 16.7. The maximum atomic E-state index is 13.4. The fraction of sp³-hybridized carbons (Fsp3) is 0.150. The van der Waals surface area contributed by atoms with E-state index in [1.807, 2.05) is 30.3 Å². The van der Waals surface area contributed by atoms with E-state index in [9.17, 15) is 19.2 Å². The number of carbonyl (C=O) groups excluding carboxylic acids is 2. The first kappa shape index (κ1) is 19.6. The first-order valence-corrected chi connectivity index (χ1v) is 9.00. The van der Waals surface area contributed by atoms with Gasteiger partial charge in [-0.05, 0) is 46.3 Å². The van der Waals surface area contributed by atoms with Crippen molar-refractivity contribution in [3.8, 4) is 6.07 Å². The van der Waals surface area contributed by atoms with Crippen LogP contribution in [0.4, 0.5) is 15.8 Å². The van der Waals surface area contributed by atoms with Gasteiger partial charge in [0.15, 0.2) is 6.61 Å². The monoisotopic (exact) mass is 443 g/mol. The summed E-state index contributed by atoms with van der Waals surface area (Å²) in [6.45, 7) is -0.633. The fourth-order valence-electron chi connectivity index (χ4n) is 2.99. The summed E-state index contributed by atoms with van der Waals surface area (Å²) in [5.74, 6) is -1.71. The Bertz CT molecular complexity index is 1010. The number of esters is 1. The number of halogens is 2. The van der Waals surface area contributed by atoms with Gasteiger partial charge in [-0.1, -0.05) is 12.1 Å². The van der Waals surface area contributed by atoms with Crippen LogP contribution in [0.15, 0.2) is 58.3 Å². The molecule has 0 fully saturated rings. The second kappa shape index (κ2) is 7.82. The van der Waals surface area contributed by atoms with E-state index in [0.717, 1.165) is 17.4 Å². The highest BCUT2D eigenvalue weighted by Crippen LogP contribution is 2.40. The molecule has 0 saturated carbocycles. The van der Waals surface area contributed by atoms with Crippen LogP contribution in [0.2, 0.25) is 0 Å². The molecule has 0 bridgehead atoms. The van der Waals surface area contributed by atoms with Gasteiger partial charge in [0.1, 0.15) is 23.3 Å². The second-order valence-corrected chi connectivity index (χ2v) is 6.89. The van der Waals surface area contributed by atoms with Crippen LogP contribution in [-0.2, 0) is 9.53 Å². The molecule has 0 aromatic heterocycles. The third kappa shape index (κ3) is 3.49. The zero-order valence-electron chi connectivity index (χ0n) is 15.1. The minimum absolute atomic E-state index is 0.0403. The third-order valence-electron chi connectivity index (χ3n) is 4.34. The lowest BCUT2D eigenvalue weighted by Gasteiger charge is -2.19. The van der Waals surface area contributed by atoms with Crippen molar-refractivity contribution in [3.05, 3.63) is 69.7 Å². The Morgan fingerprint density at radius 3 is 2.32 bits per heavy atom. The molecule has 2 aromatic rings. The molecule has 1 aliphatic rings. The number of Topliss-reactive ketones (excluding diaryl/α,β-unsaturated/α-hetero) is 1. The van der Waals surface area contributed by atoms with Crippen molar-refractivity contribution in [2.24, 2.45) is 0 Å². The van der Waals surface area contributed by atoms with Crippen molar-refractivity contribution >= 4 is 39.1 Å². The second-order valence-electron chi connectivity index (χ2n) is 6.04. The zero-order chi connectivity index (χ0) is 20.4. The molecule has 3 rings (SSSR count). The van der Waals surface area contributed by atoms with Crippen molar-refractivity contribution < 1.29 is 18.7 Å². The van der Waals surface area contributed by atoms with Gasteiger partial charge in [-0.3, -0.25) is 4.79 Å². The highest BCUT2D eigenvalue weighted by atomic mass is 79.9. The standard InChI is InChI=1S/C20H15BrFN3O3/c1-24-16-5-3-4-6-17(16)25(2)19(24)14(10-23)18(26)11-28-20(27)13-9-12(22)7-8-15(13)21/h3-9H,11H2,1-2H3. The van der Waals surface area contributed by atoms with Gasteiger partial charge in [0.05, 0.1) is 16.9 Å². The number of benzene rings is 2. The van der Waals surface area contributed by atoms with E-state index in [-0.39, 0.29) is 11.1 Å². The Morgan fingerprint density at radius 2 is 1.75 bits per heavy atom. The summed E-state index contributed by atoms with van der Waals surface area (Å²) in [6, 6.07) is 12.9. The summed E-state index contributed by atoms with van der Waals surface area (Å²) in [6.07, 6.45) is 0. The Kier molecular flexibility index (Phi) is 5.47. The molecule has 2 aromatic carbocycles. The third-order valence-corrected chi connectivity index (χ3v) is 5.03. The molecule has 1 heterocycles. The Hall–Kier alpha value is -3.18. The topological polar surface area (TPSA) is 73.6 Å². The molecule has 0 spiro atoms. The van der Waals surface area contributed by atoms with E-state index >= 15 is 0 Å². The molecule has 0 radical (unpaired) electrons. The van der Waals surface area contributed by atoms with E-state index in [1.165, 1.54) is 12.1 Å². The van der Waals surface area contributed by atoms with Crippen molar-refractivity contribution in [1.82, 2.24) is 0 Å². The number of rotatable bonds is 4. The number of hydrogen-bond acceptors (Lipinski definition) is 6. The lowest BCUT2D eigenvalue weighted by atomic mass is 10.2. The number of anilines is 2. The molecular formula is C20H15BrFN3O3. The largest absolute Gasteiger partial charge is 0.454 e. The summed E-state index contributed by atoms with van der Waals surface area (Å²) < 4.78 is 18.7. The molecule has 8 heteroatoms. The van der Waals surface area contributed by atoms with Crippen LogP contribution in [0.3, 0.4) is 0 Å². The normalized spacial score (nSPS) is 12.5. The van der Waals surface area contributed by atoms with Crippen molar-refractivity contribution in [1.29, 1.82) is 5.26 Å². The van der Waals surface area contributed by atoms with Gasteiger partial charge in [-0.2, -0.15) is 5.26 Å². The molecule has 1 aliphatic heterocycles. The first-order chi connectivity index (χ1) is 13.3. The van der Waals surface area contributed by atoms with Gasteiger partial charge in [-0.25, -0.2) is 9.18 Å². The van der Waals surface area contributed by atoms with Crippen LogP contribution >= 0.6 is 15.9 Å².